The van der Waals surface area contributed by atoms with Gasteiger partial charge in [-0.1, -0.05) is 17.3 Å². The van der Waals surface area contributed by atoms with Crippen LogP contribution in [0.15, 0.2) is 59.5 Å². The minimum absolute atomic E-state index is 0.0633. The second-order valence-electron chi connectivity index (χ2n) is 5.21. The number of carbonyl (C=O) groups is 1. The first-order chi connectivity index (χ1) is 11.8. The molecule has 118 valence electrons. The third-order valence-electron chi connectivity index (χ3n) is 3.66. The molecule has 0 spiro atoms. The Labute approximate surface area is 136 Å². The third kappa shape index (κ3) is 2.63. The molecule has 3 aromatic heterocycles. The average Bonchev–Trinajstić information content (AvgIpc) is 3.29. The van der Waals surface area contributed by atoms with Crippen LogP contribution in [0.5, 0.6) is 0 Å². The maximum absolute atomic E-state index is 12.1. The lowest BCUT2D eigenvalue weighted by Crippen LogP contribution is -2.23. The Morgan fingerprint density at radius 2 is 2.04 bits per heavy atom. The zero-order valence-electron chi connectivity index (χ0n) is 12.6. The lowest BCUT2D eigenvalue weighted by atomic mass is 10.1. The predicted molar refractivity (Wildman–Crippen MR) is 87.0 cm³/mol. The summed E-state index contributed by atoms with van der Waals surface area (Å²) in [5.41, 5.74) is 2.72. The largest absolute Gasteiger partial charge is 0.361 e. The molecule has 7 heteroatoms. The lowest BCUT2D eigenvalue weighted by Gasteiger charge is -2.01. The summed E-state index contributed by atoms with van der Waals surface area (Å²) in [6, 6.07) is 11.3. The van der Waals surface area contributed by atoms with Crippen LogP contribution in [0.25, 0.3) is 22.3 Å². The molecule has 2 N–H and O–H groups in total. The Kier molecular flexibility index (Phi) is 3.51. The van der Waals surface area contributed by atoms with Gasteiger partial charge in [0.25, 0.3) is 0 Å². The number of aromatic nitrogens is 4. The van der Waals surface area contributed by atoms with Crippen LogP contribution in [-0.2, 0) is 6.54 Å². The molecule has 24 heavy (non-hydrogen) atoms. The van der Waals surface area contributed by atoms with Crippen LogP contribution >= 0.6 is 0 Å². The van der Waals surface area contributed by atoms with Gasteiger partial charge in [-0.2, -0.15) is 4.98 Å². The van der Waals surface area contributed by atoms with Gasteiger partial charge in [0.05, 0.1) is 0 Å². The molecule has 0 atom stereocenters. The quantitative estimate of drug-likeness (QED) is 0.602. The molecule has 1 aromatic carbocycles. The van der Waals surface area contributed by atoms with Crippen LogP contribution < -0.4 is 5.32 Å². The van der Waals surface area contributed by atoms with Crippen LogP contribution in [0.4, 0.5) is 0 Å². The van der Waals surface area contributed by atoms with Gasteiger partial charge in [0.1, 0.15) is 0 Å². The Balaban J connectivity index is 1.54. The Morgan fingerprint density at radius 3 is 2.92 bits per heavy atom. The van der Waals surface area contributed by atoms with E-state index in [9.17, 15) is 4.79 Å². The van der Waals surface area contributed by atoms with Crippen LogP contribution in [0.3, 0.4) is 0 Å². The summed E-state index contributed by atoms with van der Waals surface area (Å²) >= 11 is 0. The van der Waals surface area contributed by atoms with Gasteiger partial charge < -0.3 is 14.8 Å². The second-order valence-corrected chi connectivity index (χ2v) is 5.21. The van der Waals surface area contributed by atoms with Crippen molar-refractivity contribution in [3.63, 3.8) is 0 Å². The van der Waals surface area contributed by atoms with Gasteiger partial charge in [-0.05, 0) is 29.8 Å². The van der Waals surface area contributed by atoms with E-state index in [4.69, 9.17) is 4.52 Å². The molecule has 0 aliphatic heterocycles. The summed E-state index contributed by atoms with van der Waals surface area (Å²) in [5, 5.41) is 7.64. The number of benzene rings is 1. The van der Waals surface area contributed by atoms with Crippen molar-refractivity contribution in [1.29, 1.82) is 0 Å². The highest BCUT2D eigenvalue weighted by Crippen LogP contribution is 2.25. The standard InChI is InChI=1S/C17H13N5O2/c23-16(20-10-11-4-7-18-8-5-11)17-21-15(22-24-17)13-2-1-3-14-12(13)6-9-19-14/h1-9,19H,10H2,(H,20,23). The van der Waals surface area contributed by atoms with Crippen molar-refractivity contribution < 1.29 is 9.32 Å². The summed E-state index contributed by atoms with van der Waals surface area (Å²) in [5.74, 6) is -0.0901. The number of hydrogen-bond acceptors (Lipinski definition) is 5. The SMILES string of the molecule is O=C(NCc1ccncc1)c1nc(-c2cccc3[nH]ccc23)no1. The van der Waals surface area contributed by atoms with Gasteiger partial charge in [-0.15, -0.1) is 0 Å². The first-order valence-electron chi connectivity index (χ1n) is 7.38. The number of rotatable bonds is 4. The molecule has 1 amide bonds. The average molecular weight is 319 g/mol. The van der Waals surface area contributed by atoms with Gasteiger partial charge in [0, 0.05) is 41.6 Å². The summed E-state index contributed by atoms with van der Waals surface area (Å²) in [6.45, 7) is 0.368. The van der Waals surface area contributed by atoms with Gasteiger partial charge >= 0.3 is 11.8 Å². The molecule has 0 saturated heterocycles. The highest BCUT2D eigenvalue weighted by atomic mass is 16.5. The highest BCUT2D eigenvalue weighted by Gasteiger charge is 2.17. The molecule has 4 rings (SSSR count). The number of hydrogen-bond donors (Lipinski definition) is 2. The topological polar surface area (TPSA) is 96.7 Å². The molecule has 0 bridgehead atoms. The molecular weight excluding hydrogens is 306 g/mol. The first-order valence-corrected chi connectivity index (χ1v) is 7.38. The van der Waals surface area contributed by atoms with Crippen LogP contribution in [-0.4, -0.2) is 26.0 Å². The van der Waals surface area contributed by atoms with Crippen molar-refractivity contribution in [3.05, 3.63) is 66.4 Å². The van der Waals surface area contributed by atoms with Gasteiger partial charge in [-0.25, -0.2) is 0 Å². The molecule has 3 heterocycles. The van der Waals surface area contributed by atoms with Gasteiger partial charge in [0.15, 0.2) is 0 Å². The maximum atomic E-state index is 12.1. The van der Waals surface area contributed by atoms with E-state index < -0.39 is 5.91 Å². The summed E-state index contributed by atoms with van der Waals surface area (Å²) < 4.78 is 5.10. The van der Waals surface area contributed by atoms with E-state index in [1.54, 1.807) is 12.4 Å². The molecule has 0 aliphatic rings. The Bertz CT molecular complexity index is 990. The van der Waals surface area contributed by atoms with Crippen LogP contribution in [0.2, 0.25) is 0 Å². The fourth-order valence-corrected chi connectivity index (χ4v) is 2.46. The first kappa shape index (κ1) is 14.1. The number of pyridine rings is 1. The van der Waals surface area contributed by atoms with E-state index in [0.717, 1.165) is 22.0 Å². The number of nitrogens with zero attached hydrogens (tertiary/aromatic N) is 3. The molecule has 0 saturated carbocycles. The van der Waals surface area contributed by atoms with Crippen molar-refractivity contribution in [1.82, 2.24) is 25.4 Å². The summed E-state index contributed by atoms with van der Waals surface area (Å²) in [4.78, 5) is 23.4. The maximum Gasteiger partial charge on any atom is 0.316 e. The Morgan fingerprint density at radius 1 is 1.17 bits per heavy atom. The fourth-order valence-electron chi connectivity index (χ4n) is 2.46. The Hall–Kier alpha value is -3.48. The molecule has 7 nitrogen and oxygen atoms in total. The van der Waals surface area contributed by atoms with E-state index >= 15 is 0 Å². The van der Waals surface area contributed by atoms with E-state index in [1.807, 2.05) is 42.6 Å². The minimum atomic E-state index is -0.410. The summed E-state index contributed by atoms with van der Waals surface area (Å²) in [7, 11) is 0. The number of H-pyrrole nitrogens is 1. The van der Waals surface area contributed by atoms with Crippen molar-refractivity contribution in [3.8, 4) is 11.4 Å². The number of fused-ring (bicyclic) bond motifs is 1. The number of nitrogens with one attached hydrogen (secondary N) is 2. The number of amides is 1. The normalized spacial score (nSPS) is 10.8. The minimum Gasteiger partial charge on any atom is -0.361 e. The van der Waals surface area contributed by atoms with Crippen molar-refractivity contribution in [2.75, 3.05) is 0 Å². The number of aromatic amines is 1. The van der Waals surface area contributed by atoms with Gasteiger partial charge in [0.2, 0.25) is 5.82 Å². The van der Waals surface area contributed by atoms with E-state index in [2.05, 4.69) is 25.4 Å². The third-order valence-corrected chi connectivity index (χ3v) is 3.66. The van der Waals surface area contributed by atoms with Crippen LogP contribution in [0.1, 0.15) is 16.2 Å². The monoisotopic (exact) mass is 319 g/mol. The molecular formula is C17H13N5O2. The highest BCUT2D eigenvalue weighted by molar-refractivity contribution is 5.94. The van der Waals surface area contributed by atoms with Crippen LogP contribution in [0, 0.1) is 0 Å². The van der Waals surface area contributed by atoms with Gasteiger partial charge in [-0.3, -0.25) is 9.78 Å². The molecule has 0 unspecified atom stereocenters. The summed E-state index contributed by atoms with van der Waals surface area (Å²) in [6.07, 6.45) is 5.18. The molecule has 0 radical (unpaired) electrons. The molecule has 0 aliphatic carbocycles. The van der Waals surface area contributed by atoms with Crippen molar-refractivity contribution in [2.45, 2.75) is 6.54 Å². The lowest BCUT2D eigenvalue weighted by molar-refractivity contribution is 0.0907. The second kappa shape index (κ2) is 5.96. The van der Waals surface area contributed by atoms with E-state index in [-0.39, 0.29) is 5.89 Å². The van der Waals surface area contributed by atoms with Crippen molar-refractivity contribution in [2.24, 2.45) is 0 Å². The van der Waals surface area contributed by atoms with Crippen molar-refractivity contribution >= 4 is 16.8 Å². The predicted octanol–water partition coefficient (Wildman–Crippen LogP) is 2.54. The molecule has 4 aromatic rings. The smallest absolute Gasteiger partial charge is 0.316 e. The zero-order valence-corrected chi connectivity index (χ0v) is 12.6. The zero-order chi connectivity index (χ0) is 16.4. The van der Waals surface area contributed by atoms with E-state index in [1.165, 1.54) is 0 Å². The molecule has 0 fully saturated rings. The number of carbonyl (C=O) groups excluding carboxylic acids is 1. The fraction of sp³-hybridized carbons (Fsp3) is 0.0588. The van der Waals surface area contributed by atoms with E-state index in [0.29, 0.717) is 12.4 Å².